The fraction of sp³-hybridized carbons (Fsp3) is 0.0952. The Kier molecular flexibility index (Phi) is 4.30. The summed E-state index contributed by atoms with van der Waals surface area (Å²) < 4.78 is 7.04. The summed E-state index contributed by atoms with van der Waals surface area (Å²) in [6, 6.07) is 18.8. The minimum atomic E-state index is -1.02. The van der Waals surface area contributed by atoms with Crippen LogP contribution in [0.25, 0.3) is 22.4 Å². The van der Waals surface area contributed by atoms with Gasteiger partial charge < -0.3 is 14.4 Å². The normalized spacial score (nSPS) is 10.9. The number of hydrogen-bond acceptors (Lipinski definition) is 4. The average molecular weight is 359 g/mol. The Morgan fingerprint density at radius 3 is 2.52 bits per heavy atom. The van der Waals surface area contributed by atoms with Crippen molar-refractivity contribution in [3.63, 3.8) is 0 Å². The van der Waals surface area contributed by atoms with Gasteiger partial charge in [0.15, 0.2) is 5.65 Å². The first-order valence-corrected chi connectivity index (χ1v) is 8.43. The molecular weight excluding hydrogens is 342 g/mol. The van der Waals surface area contributed by atoms with Crippen LogP contribution in [-0.2, 0) is 6.54 Å². The maximum absolute atomic E-state index is 11.7. The number of imidazole rings is 1. The van der Waals surface area contributed by atoms with E-state index in [1.807, 2.05) is 59.2 Å². The number of benzene rings is 2. The number of pyridine rings is 1. The van der Waals surface area contributed by atoms with Crippen LogP contribution in [0.4, 0.5) is 0 Å². The van der Waals surface area contributed by atoms with Gasteiger partial charge in [-0.15, -0.1) is 0 Å². The van der Waals surface area contributed by atoms with Crippen molar-refractivity contribution in [3.05, 3.63) is 78.1 Å². The zero-order valence-electron chi connectivity index (χ0n) is 14.7. The van der Waals surface area contributed by atoms with E-state index in [-0.39, 0.29) is 5.56 Å². The maximum Gasteiger partial charge on any atom is 0.338 e. The van der Waals surface area contributed by atoms with E-state index < -0.39 is 5.97 Å². The minimum Gasteiger partial charge on any atom is -0.497 e. The second-order valence-corrected chi connectivity index (χ2v) is 6.12. The molecule has 0 aliphatic rings. The van der Waals surface area contributed by atoms with Crippen LogP contribution in [0.15, 0.2) is 67.0 Å². The summed E-state index contributed by atoms with van der Waals surface area (Å²) in [6.45, 7) is 0.533. The van der Waals surface area contributed by atoms with Crippen molar-refractivity contribution in [2.45, 2.75) is 6.54 Å². The van der Waals surface area contributed by atoms with Crippen molar-refractivity contribution < 1.29 is 14.6 Å². The van der Waals surface area contributed by atoms with E-state index in [1.54, 1.807) is 19.5 Å². The molecule has 0 unspecified atom stereocenters. The van der Waals surface area contributed by atoms with E-state index in [9.17, 15) is 9.90 Å². The van der Waals surface area contributed by atoms with Gasteiger partial charge in [-0.05, 0) is 23.8 Å². The van der Waals surface area contributed by atoms with E-state index in [0.29, 0.717) is 23.4 Å². The van der Waals surface area contributed by atoms with Crippen LogP contribution in [0.2, 0.25) is 0 Å². The first kappa shape index (κ1) is 16.8. The molecule has 2 aromatic carbocycles. The van der Waals surface area contributed by atoms with Gasteiger partial charge >= 0.3 is 5.97 Å². The molecule has 0 amide bonds. The molecule has 2 aromatic heterocycles. The largest absolute Gasteiger partial charge is 0.497 e. The Morgan fingerprint density at radius 2 is 1.85 bits per heavy atom. The fourth-order valence-corrected chi connectivity index (χ4v) is 3.00. The minimum absolute atomic E-state index is 0.146. The molecule has 6 heteroatoms. The van der Waals surface area contributed by atoms with Crippen LogP contribution < -0.4 is 4.74 Å². The summed E-state index contributed by atoms with van der Waals surface area (Å²) in [6.07, 6.45) is 1.63. The fourth-order valence-electron chi connectivity index (χ4n) is 3.00. The lowest BCUT2D eigenvalue weighted by Crippen LogP contribution is -2.03. The first-order chi connectivity index (χ1) is 13.2. The van der Waals surface area contributed by atoms with Gasteiger partial charge in [0.1, 0.15) is 11.3 Å². The number of nitrogens with zero attached hydrogens (tertiary/aromatic N) is 3. The van der Waals surface area contributed by atoms with Gasteiger partial charge in [0.05, 0.1) is 31.2 Å². The Bertz CT molecular complexity index is 1100. The second kappa shape index (κ2) is 6.92. The number of carboxylic acids is 1. The van der Waals surface area contributed by atoms with Crippen LogP contribution in [-0.4, -0.2) is 32.7 Å². The number of hydrogen-bond donors (Lipinski definition) is 1. The second-order valence-electron chi connectivity index (χ2n) is 6.12. The zero-order valence-corrected chi connectivity index (χ0v) is 14.7. The Labute approximate surface area is 155 Å². The summed E-state index contributed by atoms with van der Waals surface area (Å²) in [5.74, 6) is -0.235. The third-order valence-corrected chi connectivity index (χ3v) is 4.38. The highest BCUT2D eigenvalue weighted by Gasteiger charge is 2.17. The van der Waals surface area contributed by atoms with Crippen LogP contribution in [0, 0.1) is 0 Å². The van der Waals surface area contributed by atoms with Gasteiger partial charge in [0.2, 0.25) is 0 Å². The summed E-state index contributed by atoms with van der Waals surface area (Å²) in [5, 5.41) is 9.62. The highest BCUT2D eigenvalue weighted by Crippen LogP contribution is 2.25. The number of methoxy groups -OCH3 is 1. The van der Waals surface area contributed by atoms with Crippen LogP contribution >= 0.6 is 0 Å². The lowest BCUT2D eigenvalue weighted by atomic mass is 10.1. The highest BCUT2D eigenvalue weighted by atomic mass is 16.5. The standard InChI is InChI=1S/C21H17N3O3/c1-27-16-9-7-14(8-10-16)12-24-13-22-19-17(21(25)26)11-18(23-20(19)24)15-5-3-2-4-6-15/h2-11,13H,12H2,1H3,(H,25,26). The monoisotopic (exact) mass is 359 g/mol. The van der Waals surface area contributed by atoms with Crippen molar-refractivity contribution in [1.82, 2.24) is 14.5 Å². The molecule has 4 aromatic rings. The molecule has 0 atom stereocenters. The van der Waals surface area contributed by atoms with Crippen LogP contribution in [0.1, 0.15) is 15.9 Å². The molecule has 0 bridgehead atoms. The first-order valence-electron chi connectivity index (χ1n) is 8.43. The average Bonchev–Trinajstić information content (AvgIpc) is 3.11. The van der Waals surface area contributed by atoms with Crippen molar-refractivity contribution in [1.29, 1.82) is 0 Å². The summed E-state index contributed by atoms with van der Waals surface area (Å²) in [4.78, 5) is 20.7. The van der Waals surface area contributed by atoms with Crippen molar-refractivity contribution in [2.75, 3.05) is 7.11 Å². The van der Waals surface area contributed by atoms with Crippen molar-refractivity contribution in [2.24, 2.45) is 0 Å². The number of ether oxygens (including phenoxy) is 1. The number of rotatable bonds is 5. The van der Waals surface area contributed by atoms with E-state index >= 15 is 0 Å². The molecule has 0 saturated carbocycles. The lowest BCUT2D eigenvalue weighted by molar-refractivity contribution is 0.0699. The van der Waals surface area contributed by atoms with Gasteiger partial charge in [-0.25, -0.2) is 14.8 Å². The molecule has 0 fully saturated rings. The van der Waals surface area contributed by atoms with Gasteiger partial charge in [0, 0.05) is 5.56 Å². The highest BCUT2D eigenvalue weighted by molar-refractivity contribution is 6.01. The predicted molar refractivity (Wildman–Crippen MR) is 102 cm³/mol. The third-order valence-electron chi connectivity index (χ3n) is 4.38. The van der Waals surface area contributed by atoms with Crippen LogP contribution in [0.5, 0.6) is 5.75 Å². The molecule has 6 nitrogen and oxygen atoms in total. The SMILES string of the molecule is COc1ccc(Cn2cnc3c(C(=O)O)cc(-c4ccccc4)nc32)cc1. The molecule has 2 heterocycles. The van der Waals surface area contributed by atoms with Crippen LogP contribution in [0.3, 0.4) is 0 Å². The maximum atomic E-state index is 11.7. The smallest absolute Gasteiger partial charge is 0.338 e. The van der Waals surface area contributed by atoms with E-state index in [4.69, 9.17) is 9.72 Å². The van der Waals surface area contributed by atoms with Gasteiger partial charge in [0.25, 0.3) is 0 Å². The third kappa shape index (κ3) is 3.25. The number of carbonyl (C=O) groups is 1. The molecule has 0 aliphatic carbocycles. The summed E-state index contributed by atoms with van der Waals surface area (Å²) >= 11 is 0. The number of fused-ring (bicyclic) bond motifs is 1. The molecule has 0 radical (unpaired) electrons. The molecule has 0 spiro atoms. The lowest BCUT2D eigenvalue weighted by Gasteiger charge is -2.08. The Balaban J connectivity index is 1.82. The Hall–Kier alpha value is -3.67. The number of carboxylic acid groups (broad SMARTS) is 1. The summed E-state index contributed by atoms with van der Waals surface area (Å²) in [7, 11) is 1.63. The predicted octanol–water partition coefficient (Wildman–Crippen LogP) is 3.85. The molecular formula is C21H17N3O3. The zero-order chi connectivity index (χ0) is 18.8. The van der Waals surface area contributed by atoms with Crippen molar-refractivity contribution in [3.8, 4) is 17.0 Å². The molecule has 27 heavy (non-hydrogen) atoms. The van der Waals surface area contributed by atoms with E-state index in [2.05, 4.69) is 4.98 Å². The molecule has 4 rings (SSSR count). The quantitative estimate of drug-likeness (QED) is 0.586. The van der Waals surface area contributed by atoms with E-state index in [0.717, 1.165) is 16.9 Å². The van der Waals surface area contributed by atoms with Gasteiger partial charge in [-0.2, -0.15) is 0 Å². The topological polar surface area (TPSA) is 77.2 Å². The number of aromatic nitrogens is 3. The van der Waals surface area contributed by atoms with Crippen molar-refractivity contribution >= 4 is 17.1 Å². The number of aromatic carboxylic acids is 1. The van der Waals surface area contributed by atoms with Gasteiger partial charge in [-0.3, -0.25) is 0 Å². The van der Waals surface area contributed by atoms with E-state index in [1.165, 1.54) is 0 Å². The molecule has 1 N–H and O–H groups in total. The molecule has 0 saturated heterocycles. The Morgan fingerprint density at radius 1 is 1.11 bits per heavy atom. The molecule has 134 valence electrons. The summed E-state index contributed by atoms with van der Waals surface area (Å²) in [5.41, 5.74) is 3.59. The van der Waals surface area contributed by atoms with Gasteiger partial charge in [-0.1, -0.05) is 42.5 Å². The molecule has 0 aliphatic heterocycles.